The number of nitrogens with two attached hydrogens (primary N) is 1. The standard InChI is InChI=1S/C14H8F3N3O2.C5H5ClN2/c15-14(16,17)11-6-9(8-4-2-1-3-5-8)18-12-7-10(13(21)22)19-20(11)12;6-5-4(7)2-1-3-8-5/h1-7H,(H,21,22);1-3H,7H2. The largest absolute Gasteiger partial charge is 0.476 e. The van der Waals surface area contributed by atoms with Gasteiger partial charge in [0.2, 0.25) is 0 Å². The Labute approximate surface area is 172 Å². The van der Waals surface area contributed by atoms with Crippen LogP contribution in [0.4, 0.5) is 18.9 Å². The molecule has 0 saturated carbocycles. The van der Waals surface area contributed by atoms with E-state index >= 15 is 0 Å². The molecule has 0 radical (unpaired) electrons. The number of anilines is 1. The van der Waals surface area contributed by atoms with Gasteiger partial charge in [0, 0.05) is 17.8 Å². The molecule has 0 aliphatic carbocycles. The van der Waals surface area contributed by atoms with Gasteiger partial charge in [0.05, 0.1) is 11.4 Å². The number of aromatic nitrogens is 4. The van der Waals surface area contributed by atoms with Crippen LogP contribution >= 0.6 is 11.6 Å². The van der Waals surface area contributed by atoms with Crippen LogP contribution in [0, 0.1) is 0 Å². The summed E-state index contributed by atoms with van der Waals surface area (Å²) in [4.78, 5) is 18.7. The van der Waals surface area contributed by atoms with Crippen molar-refractivity contribution in [1.82, 2.24) is 19.6 Å². The van der Waals surface area contributed by atoms with Gasteiger partial charge < -0.3 is 10.8 Å². The van der Waals surface area contributed by atoms with Gasteiger partial charge in [0.15, 0.2) is 22.2 Å². The van der Waals surface area contributed by atoms with Crippen molar-refractivity contribution < 1.29 is 23.1 Å². The lowest BCUT2D eigenvalue weighted by Crippen LogP contribution is -2.14. The molecule has 4 rings (SSSR count). The first kappa shape index (κ1) is 21.1. The minimum atomic E-state index is -4.69. The maximum Gasteiger partial charge on any atom is 0.433 e. The monoisotopic (exact) mass is 435 g/mol. The van der Waals surface area contributed by atoms with Crippen molar-refractivity contribution in [3.63, 3.8) is 0 Å². The Morgan fingerprint density at radius 3 is 2.33 bits per heavy atom. The maximum atomic E-state index is 13.2. The molecular weight excluding hydrogens is 423 g/mol. The van der Waals surface area contributed by atoms with Crippen molar-refractivity contribution in [2.45, 2.75) is 6.18 Å². The highest BCUT2D eigenvalue weighted by atomic mass is 35.5. The number of carboxylic acid groups (broad SMARTS) is 1. The molecule has 11 heteroatoms. The smallest absolute Gasteiger partial charge is 0.433 e. The van der Waals surface area contributed by atoms with Crippen molar-refractivity contribution in [2.75, 3.05) is 5.73 Å². The molecule has 0 atom stereocenters. The van der Waals surface area contributed by atoms with E-state index in [1.807, 2.05) is 0 Å². The second-order valence-electron chi connectivity index (χ2n) is 5.88. The summed E-state index contributed by atoms with van der Waals surface area (Å²) in [5.41, 5.74) is 4.68. The summed E-state index contributed by atoms with van der Waals surface area (Å²) in [6.07, 6.45) is -3.09. The molecule has 0 amide bonds. The van der Waals surface area contributed by atoms with E-state index < -0.39 is 23.5 Å². The summed E-state index contributed by atoms with van der Waals surface area (Å²) in [5.74, 6) is -1.42. The molecule has 0 aliphatic rings. The Hall–Kier alpha value is -3.66. The summed E-state index contributed by atoms with van der Waals surface area (Å²) in [5, 5.41) is 12.7. The highest BCUT2D eigenvalue weighted by Gasteiger charge is 2.35. The van der Waals surface area contributed by atoms with Crippen molar-refractivity contribution in [2.24, 2.45) is 0 Å². The summed E-state index contributed by atoms with van der Waals surface area (Å²) in [6, 6.07) is 13.6. The molecule has 0 bridgehead atoms. The number of rotatable bonds is 2. The molecule has 30 heavy (non-hydrogen) atoms. The van der Waals surface area contributed by atoms with Gasteiger partial charge in [-0.1, -0.05) is 41.9 Å². The van der Waals surface area contributed by atoms with Gasteiger partial charge in [-0.25, -0.2) is 19.3 Å². The third-order valence-electron chi connectivity index (χ3n) is 3.79. The Balaban J connectivity index is 0.000000269. The van der Waals surface area contributed by atoms with Gasteiger partial charge in [0.1, 0.15) is 0 Å². The molecule has 4 aromatic rings. The van der Waals surface area contributed by atoms with E-state index in [4.69, 9.17) is 22.4 Å². The molecule has 1 aromatic carbocycles. The fourth-order valence-corrected chi connectivity index (χ4v) is 2.56. The Kier molecular flexibility index (Phi) is 5.88. The second kappa shape index (κ2) is 8.37. The van der Waals surface area contributed by atoms with Crippen LogP contribution in [0.15, 0.2) is 60.8 Å². The van der Waals surface area contributed by atoms with E-state index in [1.165, 1.54) is 0 Å². The molecule has 0 fully saturated rings. The van der Waals surface area contributed by atoms with Crippen LogP contribution in [0.3, 0.4) is 0 Å². The van der Waals surface area contributed by atoms with Crippen molar-refractivity contribution in [1.29, 1.82) is 0 Å². The molecule has 154 valence electrons. The third-order valence-corrected chi connectivity index (χ3v) is 4.11. The number of carboxylic acids is 1. The molecule has 3 aromatic heterocycles. The third kappa shape index (κ3) is 4.66. The first-order chi connectivity index (χ1) is 14.2. The predicted molar refractivity (Wildman–Crippen MR) is 104 cm³/mol. The van der Waals surface area contributed by atoms with Crippen LogP contribution in [0.5, 0.6) is 0 Å². The topological polar surface area (TPSA) is 106 Å². The minimum Gasteiger partial charge on any atom is -0.476 e. The van der Waals surface area contributed by atoms with E-state index in [9.17, 15) is 18.0 Å². The number of aromatic carboxylic acids is 1. The molecule has 3 N–H and O–H groups in total. The number of hydrogen-bond donors (Lipinski definition) is 2. The molecule has 3 heterocycles. The van der Waals surface area contributed by atoms with Crippen molar-refractivity contribution >= 4 is 28.9 Å². The zero-order chi connectivity index (χ0) is 21.9. The van der Waals surface area contributed by atoms with Gasteiger partial charge >= 0.3 is 12.1 Å². The van der Waals surface area contributed by atoms with E-state index in [-0.39, 0.29) is 11.3 Å². The summed E-state index contributed by atoms with van der Waals surface area (Å²) in [6.45, 7) is 0. The fraction of sp³-hybridized carbons (Fsp3) is 0.0526. The number of fused-ring (bicyclic) bond motifs is 1. The second-order valence-corrected chi connectivity index (χ2v) is 6.24. The predicted octanol–water partition coefficient (Wildman–Crippen LogP) is 4.43. The average molecular weight is 436 g/mol. The molecular formula is C19H13ClF3N5O2. The Bertz CT molecular complexity index is 1170. The summed E-state index contributed by atoms with van der Waals surface area (Å²) >= 11 is 5.47. The first-order valence-electron chi connectivity index (χ1n) is 8.29. The van der Waals surface area contributed by atoms with Gasteiger partial charge in [-0.2, -0.15) is 18.3 Å². The molecule has 0 aliphatic heterocycles. The normalized spacial score (nSPS) is 11.1. The number of nitrogen functional groups attached to an aromatic ring is 1. The van der Waals surface area contributed by atoms with Crippen LogP contribution in [0.25, 0.3) is 16.9 Å². The van der Waals surface area contributed by atoms with E-state index in [0.29, 0.717) is 20.9 Å². The lowest BCUT2D eigenvalue weighted by Gasteiger charge is -2.10. The maximum absolute atomic E-state index is 13.2. The zero-order valence-corrected chi connectivity index (χ0v) is 15.8. The van der Waals surface area contributed by atoms with Crippen LogP contribution in [0.1, 0.15) is 16.2 Å². The van der Waals surface area contributed by atoms with Crippen molar-refractivity contribution in [3.8, 4) is 11.3 Å². The number of nitrogens with zero attached hydrogens (tertiary/aromatic N) is 4. The number of alkyl halides is 3. The van der Waals surface area contributed by atoms with E-state index in [0.717, 1.165) is 12.1 Å². The number of halogens is 4. The molecule has 0 spiro atoms. The van der Waals surface area contributed by atoms with Gasteiger partial charge in [-0.15, -0.1) is 0 Å². The lowest BCUT2D eigenvalue weighted by atomic mass is 10.1. The fourth-order valence-electron chi connectivity index (χ4n) is 2.44. The highest BCUT2D eigenvalue weighted by Crippen LogP contribution is 2.32. The van der Waals surface area contributed by atoms with Crippen LogP contribution < -0.4 is 5.73 Å². The van der Waals surface area contributed by atoms with Crippen molar-refractivity contribution in [3.05, 3.63) is 77.3 Å². The van der Waals surface area contributed by atoms with Gasteiger partial charge in [-0.3, -0.25) is 0 Å². The summed E-state index contributed by atoms with van der Waals surface area (Å²) < 4.78 is 40.1. The van der Waals surface area contributed by atoms with Crippen LogP contribution in [-0.2, 0) is 6.18 Å². The number of hydrogen-bond acceptors (Lipinski definition) is 5. The molecule has 7 nitrogen and oxygen atoms in total. The zero-order valence-electron chi connectivity index (χ0n) is 15.0. The number of benzene rings is 1. The quantitative estimate of drug-likeness (QED) is 0.451. The number of carbonyl (C=O) groups is 1. The van der Waals surface area contributed by atoms with Gasteiger partial charge in [-0.05, 0) is 18.2 Å². The minimum absolute atomic E-state index is 0.0947. The van der Waals surface area contributed by atoms with Gasteiger partial charge in [0.25, 0.3) is 0 Å². The summed E-state index contributed by atoms with van der Waals surface area (Å²) in [7, 11) is 0. The van der Waals surface area contributed by atoms with E-state index in [2.05, 4.69) is 15.1 Å². The lowest BCUT2D eigenvalue weighted by molar-refractivity contribution is -0.142. The Morgan fingerprint density at radius 2 is 1.80 bits per heavy atom. The number of pyridine rings is 1. The highest BCUT2D eigenvalue weighted by molar-refractivity contribution is 6.31. The SMILES string of the molecule is Nc1cccnc1Cl.O=C(O)c1cc2nc(-c3ccccc3)cc(C(F)(F)F)n2n1. The average Bonchev–Trinajstić information content (AvgIpc) is 3.14. The molecule has 0 unspecified atom stereocenters. The van der Waals surface area contributed by atoms with Crippen LogP contribution in [-0.4, -0.2) is 30.7 Å². The molecule has 0 saturated heterocycles. The first-order valence-corrected chi connectivity index (χ1v) is 8.67. The Morgan fingerprint density at radius 1 is 1.10 bits per heavy atom. The van der Waals surface area contributed by atoms with Crippen LogP contribution in [0.2, 0.25) is 5.15 Å². The van der Waals surface area contributed by atoms with E-state index in [1.54, 1.807) is 48.7 Å².